The standard InChI is InChI=1S/C19H12F5N3O/c20-15-5-2-6-16(21)17(15)27-18(28)11-7-14(10-25-9-11)26-13-4-1-3-12(8-13)19(22,23)24/h1-10,26H,(H,27,28). The number of pyridine rings is 1. The van der Waals surface area contributed by atoms with E-state index in [0.717, 1.165) is 36.5 Å². The third kappa shape index (κ3) is 4.43. The van der Waals surface area contributed by atoms with E-state index in [9.17, 15) is 26.7 Å². The second-order valence-electron chi connectivity index (χ2n) is 5.72. The van der Waals surface area contributed by atoms with Crippen LogP contribution in [0.15, 0.2) is 60.9 Å². The maximum Gasteiger partial charge on any atom is 0.416 e. The molecule has 0 spiro atoms. The quantitative estimate of drug-likeness (QED) is 0.586. The Bertz CT molecular complexity index is 1000. The molecule has 0 aliphatic carbocycles. The Morgan fingerprint density at radius 3 is 2.25 bits per heavy atom. The zero-order valence-corrected chi connectivity index (χ0v) is 14.0. The second kappa shape index (κ2) is 7.63. The molecular formula is C19H12F5N3O. The van der Waals surface area contributed by atoms with Crippen molar-refractivity contribution in [2.45, 2.75) is 6.18 Å². The maximum atomic E-state index is 13.7. The number of amides is 1. The predicted octanol–water partition coefficient (Wildman–Crippen LogP) is 5.37. The number of aromatic nitrogens is 1. The average Bonchev–Trinajstić information content (AvgIpc) is 2.64. The average molecular weight is 393 g/mol. The highest BCUT2D eigenvalue weighted by Gasteiger charge is 2.30. The fourth-order valence-electron chi connectivity index (χ4n) is 2.38. The van der Waals surface area contributed by atoms with Gasteiger partial charge in [-0.05, 0) is 36.4 Å². The van der Waals surface area contributed by atoms with Gasteiger partial charge >= 0.3 is 6.18 Å². The lowest BCUT2D eigenvalue weighted by atomic mass is 10.2. The molecule has 1 aromatic heterocycles. The van der Waals surface area contributed by atoms with Crippen LogP contribution in [-0.2, 0) is 6.18 Å². The fourth-order valence-corrected chi connectivity index (χ4v) is 2.38. The van der Waals surface area contributed by atoms with E-state index < -0.39 is 35.0 Å². The van der Waals surface area contributed by atoms with Gasteiger partial charge in [0.15, 0.2) is 0 Å². The molecule has 0 radical (unpaired) electrons. The highest BCUT2D eigenvalue weighted by Crippen LogP contribution is 2.31. The number of carbonyl (C=O) groups is 1. The van der Waals surface area contributed by atoms with Gasteiger partial charge in [0.05, 0.1) is 23.0 Å². The van der Waals surface area contributed by atoms with Gasteiger partial charge in [0.2, 0.25) is 0 Å². The molecule has 3 aromatic rings. The van der Waals surface area contributed by atoms with E-state index in [2.05, 4.69) is 15.6 Å². The first-order valence-electron chi connectivity index (χ1n) is 7.89. The van der Waals surface area contributed by atoms with Crippen LogP contribution < -0.4 is 10.6 Å². The van der Waals surface area contributed by atoms with Crippen LogP contribution in [0.4, 0.5) is 39.0 Å². The van der Waals surface area contributed by atoms with Gasteiger partial charge in [-0.3, -0.25) is 9.78 Å². The van der Waals surface area contributed by atoms with E-state index in [4.69, 9.17) is 0 Å². The first kappa shape index (κ1) is 19.3. The molecule has 0 fully saturated rings. The van der Waals surface area contributed by atoms with Crippen molar-refractivity contribution in [2.75, 3.05) is 10.6 Å². The molecular weight excluding hydrogens is 381 g/mol. The largest absolute Gasteiger partial charge is 0.416 e. The number of anilines is 3. The number of halogens is 5. The summed E-state index contributed by atoms with van der Waals surface area (Å²) in [6.45, 7) is 0. The van der Waals surface area contributed by atoms with Crippen molar-refractivity contribution in [3.8, 4) is 0 Å². The van der Waals surface area contributed by atoms with E-state index >= 15 is 0 Å². The van der Waals surface area contributed by atoms with Crippen molar-refractivity contribution in [1.82, 2.24) is 4.98 Å². The van der Waals surface area contributed by atoms with Gasteiger partial charge < -0.3 is 10.6 Å². The summed E-state index contributed by atoms with van der Waals surface area (Å²) in [6.07, 6.45) is -2.05. The minimum absolute atomic E-state index is 0.0420. The number of para-hydroxylation sites is 1. The van der Waals surface area contributed by atoms with Crippen molar-refractivity contribution in [3.63, 3.8) is 0 Å². The Labute approximate surface area is 156 Å². The summed E-state index contributed by atoms with van der Waals surface area (Å²) in [7, 11) is 0. The number of carbonyl (C=O) groups excluding carboxylic acids is 1. The third-order valence-electron chi connectivity index (χ3n) is 3.68. The molecule has 0 saturated carbocycles. The zero-order valence-electron chi connectivity index (χ0n) is 14.0. The lowest BCUT2D eigenvalue weighted by molar-refractivity contribution is -0.137. The molecule has 2 aromatic carbocycles. The van der Waals surface area contributed by atoms with Gasteiger partial charge in [0.25, 0.3) is 5.91 Å². The van der Waals surface area contributed by atoms with Crippen LogP contribution in [0.5, 0.6) is 0 Å². The monoisotopic (exact) mass is 393 g/mol. The molecule has 1 heterocycles. The summed E-state index contributed by atoms with van der Waals surface area (Å²) in [6, 6.07) is 8.90. The molecule has 2 N–H and O–H groups in total. The molecule has 0 atom stereocenters. The van der Waals surface area contributed by atoms with Crippen LogP contribution >= 0.6 is 0 Å². The minimum atomic E-state index is -4.50. The molecule has 0 unspecified atom stereocenters. The van der Waals surface area contributed by atoms with Crippen molar-refractivity contribution in [3.05, 3.63) is 83.7 Å². The smallest absolute Gasteiger partial charge is 0.354 e. The predicted molar refractivity (Wildman–Crippen MR) is 93.3 cm³/mol. The second-order valence-corrected chi connectivity index (χ2v) is 5.72. The van der Waals surface area contributed by atoms with E-state index in [1.165, 1.54) is 24.4 Å². The Morgan fingerprint density at radius 2 is 1.57 bits per heavy atom. The number of alkyl halides is 3. The first-order chi connectivity index (χ1) is 13.2. The van der Waals surface area contributed by atoms with Gasteiger partial charge in [-0.25, -0.2) is 8.78 Å². The number of nitrogens with zero attached hydrogens (tertiary/aromatic N) is 1. The van der Waals surface area contributed by atoms with E-state index in [-0.39, 0.29) is 16.9 Å². The van der Waals surface area contributed by atoms with Gasteiger partial charge in [-0.15, -0.1) is 0 Å². The SMILES string of the molecule is O=C(Nc1c(F)cccc1F)c1cncc(Nc2cccc(C(F)(F)F)c2)c1. The van der Waals surface area contributed by atoms with Crippen LogP contribution in [0, 0.1) is 11.6 Å². The Kier molecular flexibility index (Phi) is 5.25. The first-order valence-corrected chi connectivity index (χ1v) is 7.89. The van der Waals surface area contributed by atoms with Gasteiger partial charge in [0.1, 0.15) is 17.3 Å². The summed E-state index contributed by atoms with van der Waals surface area (Å²) < 4.78 is 65.7. The topological polar surface area (TPSA) is 54.0 Å². The molecule has 0 saturated heterocycles. The number of benzene rings is 2. The Balaban J connectivity index is 1.80. The molecule has 144 valence electrons. The highest BCUT2D eigenvalue weighted by molar-refractivity contribution is 6.04. The third-order valence-corrected chi connectivity index (χ3v) is 3.68. The van der Waals surface area contributed by atoms with E-state index in [1.54, 1.807) is 0 Å². The van der Waals surface area contributed by atoms with Gasteiger partial charge in [-0.1, -0.05) is 12.1 Å². The lowest BCUT2D eigenvalue weighted by Crippen LogP contribution is -2.14. The molecule has 0 aliphatic rings. The summed E-state index contributed by atoms with van der Waals surface area (Å²) in [5.74, 6) is -2.72. The number of hydrogen-bond acceptors (Lipinski definition) is 3. The van der Waals surface area contributed by atoms with E-state index in [1.807, 2.05) is 0 Å². The maximum absolute atomic E-state index is 13.7. The molecule has 0 bridgehead atoms. The molecule has 4 nitrogen and oxygen atoms in total. The van der Waals surface area contributed by atoms with Crippen molar-refractivity contribution >= 4 is 23.0 Å². The normalized spacial score (nSPS) is 11.2. The fraction of sp³-hybridized carbons (Fsp3) is 0.0526. The van der Waals surface area contributed by atoms with Gasteiger partial charge in [0, 0.05) is 11.9 Å². The highest BCUT2D eigenvalue weighted by atomic mass is 19.4. The Hall–Kier alpha value is -3.49. The van der Waals surface area contributed by atoms with Crippen LogP contribution in [0.1, 0.15) is 15.9 Å². The Morgan fingerprint density at radius 1 is 0.893 bits per heavy atom. The van der Waals surface area contributed by atoms with Crippen molar-refractivity contribution in [1.29, 1.82) is 0 Å². The summed E-state index contributed by atoms with van der Waals surface area (Å²) in [5.41, 5.74) is -1.13. The summed E-state index contributed by atoms with van der Waals surface area (Å²) in [5, 5.41) is 4.82. The van der Waals surface area contributed by atoms with Crippen LogP contribution in [0.25, 0.3) is 0 Å². The molecule has 0 aliphatic heterocycles. The molecule has 9 heteroatoms. The van der Waals surface area contributed by atoms with E-state index in [0.29, 0.717) is 0 Å². The van der Waals surface area contributed by atoms with Crippen LogP contribution in [0.2, 0.25) is 0 Å². The van der Waals surface area contributed by atoms with Crippen molar-refractivity contribution in [2.24, 2.45) is 0 Å². The van der Waals surface area contributed by atoms with Gasteiger partial charge in [-0.2, -0.15) is 13.2 Å². The van der Waals surface area contributed by atoms with Crippen LogP contribution in [-0.4, -0.2) is 10.9 Å². The molecule has 3 rings (SSSR count). The minimum Gasteiger partial charge on any atom is -0.354 e. The molecule has 1 amide bonds. The number of nitrogens with one attached hydrogen (secondary N) is 2. The molecule has 28 heavy (non-hydrogen) atoms. The number of rotatable bonds is 4. The summed E-state index contributed by atoms with van der Waals surface area (Å²) in [4.78, 5) is 16.1. The summed E-state index contributed by atoms with van der Waals surface area (Å²) >= 11 is 0. The number of hydrogen-bond donors (Lipinski definition) is 2. The lowest BCUT2D eigenvalue weighted by Gasteiger charge is -2.11. The zero-order chi connectivity index (χ0) is 20.3. The van der Waals surface area contributed by atoms with Crippen LogP contribution in [0.3, 0.4) is 0 Å². The van der Waals surface area contributed by atoms with Crippen molar-refractivity contribution < 1.29 is 26.7 Å².